The minimum atomic E-state index is -0.959. The van der Waals surface area contributed by atoms with Gasteiger partial charge >= 0.3 is 99.0 Å². The molecule has 1 nitrogen and oxygen atoms in total. The van der Waals surface area contributed by atoms with Crippen molar-refractivity contribution in [1.29, 1.82) is 0 Å². The molecule has 0 unspecified atom stereocenters. The minimum absolute atomic E-state index is 0.710. The molecule has 0 atom stereocenters. The summed E-state index contributed by atoms with van der Waals surface area (Å²) in [6.45, 7) is 12.9. The standard InChI is InChI=1S/C9H20N.C2H5.CH3.In/c1-6-7-10(8(2)3)9(4)5;1-2;;/h8-9H,1,6-7H2,2-5H3;1H2,2H3;1H3;. The fourth-order valence-electron chi connectivity index (χ4n) is 1.94. The molecule has 2 heteroatoms. The fraction of sp³-hybridized carbons (Fsp3) is 1.00. The van der Waals surface area contributed by atoms with Gasteiger partial charge < -0.3 is 0 Å². The molecule has 0 fully saturated rings. The van der Waals surface area contributed by atoms with Gasteiger partial charge in [-0.15, -0.1) is 0 Å². The van der Waals surface area contributed by atoms with Gasteiger partial charge in [0.1, 0.15) is 0 Å². The van der Waals surface area contributed by atoms with Gasteiger partial charge in [-0.3, -0.25) is 0 Å². The van der Waals surface area contributed by atoms with Crippen LogP contribution in [0.3, 0.4) is 0 Å². The third kappa shape index (κ3) is 6.34. The van der Waals surface area contributed by atoms with Crippen molar-refractivity contribution in [2.75, 3.05) is 6.54 Å². The van der Waals surface area contributed by atoms with Crippen molar-refractivity contribution in [3.05, 3.63) is 0 Å². The summed E-state index contributed by atoms with van der Waals surface area (Å²) in [4.78, 5) is 2.62. The van der Waals surface area contributed by atoms with Crippen LogP contribution in [0.25, 0.3) is 0 Å². The Bertz CT molecular complexity index is 126. The Morgan fingerprint density at radius 3 is 1.93 bits per heavy atom. The second kappa shape index (κ2) is 8.04. The molecule has 0 amide bonds. The van der Waals surface area contributed by atoms with Crippen LogP contribution >= 0.6 is 0 Å². The van der Waals surface area contributed by atoms with Crippen LogP contribution in [0.15, 0.2) is 0 Å². The molecular weight excluding hydrogens is 273 g/mol. The molecule has 0 saturated heterocycles. The first-order valence-electron chi connectivity index (χ1n) is 6.24. The Morgan fingerprint density at radius 1 is 1.07 bits per heavy atom. The van der Waals surface area contributed by atoms with Crippen molar-refractivity contribution in [1.82, 2.24) is 4.90 Å². The van der Waals surface area contributed by atoms with Crippen LogP contribution in [0, 0.1) is 0 Å². The molecule has 0 heterocycles. The van der Waals surface area contributed by atoms with E-state index >= 15 is 0 Å². The quantitative estimate of drug-likeness (QED) is 0.694. The molecule has 0 aromatic rings. The van der Waals surface area contributed by atoms with Gasteiger partial charge in [-0.1, -0.05) is 0 Å². The van der Waals surface area contributed by atoms with Gasteiger partial charge in [0.2, 0.25) is 0 Å². The molecule has 0 bridgehead atoms. The molecule has 0 spiro atoms. The van der Waals surface area contributed by atoms with Crippen molar-refractivity contribution in [3.8, 4) is 0 Å². The van der Waals surface area contributed by atoms with Gasteiger partial charge in [0, 0.05) is 0 Å². The summed E-state index contributed by atoms with van der Waals surface area (Å²) in [7, 11) is 0. The van der Waals surface area contributed by atoms with E-state index in [0.29, 0.717) is 12.1 Å². The summed E-state index contributed by atoms with van der Waals surface area (Å²) in [5.41, 5.74) is 0. The van der Waals surface area contributed by atoms with Gasteiger partial charge in [-0.25, -0.2) is 0 Å². The van der Waals surface area contributed by atoms with Gasteiger partial charge in [-0.05, 0) is 0 Å². The van der Waals surface area contributed by atoms with Crippen LogP contribution in [0.4, 0.5) is 0 Å². The fourth-order valence-corrected chi connectivity index (χ4v) is 5.61. The second-order valence-electron chi connectivity index (χ2n) is 5.08. The Balaban J connectivity index is 3.72. The predicted molar refractivity (Wildman–Crippen MR) is 68.5 cm³/mol. The van der Waals surface area contributed by atoms with Crippen LogP contribution in [0.5, 0.6) is 0 Å². The predicted octanol–water partition coefficient (Wildman–Crippen LogP) is 3.64. The Labute approximate surface area is 98.8 Å². The summed E-state index contributed by atoms with van der Waals surface area (Å²) >= 11 is -0.959. The maximum atomic E-state index is 2.62. The van der Waals surface area contributed by atoms with Gasteiger partial charge in [-0.2, -0.15) is 0 Å². The Kier molecular flexibility index (Phi) is 8.51. The van der Waals surface area contributed by atoms with Crippen molar-refractivity contribution in [2.24, 2.45) is 0 Å². The average Bonchev–Trinajstić information content (AvgIpc) is 2.10. The van der Waals surface area contributed by atoms with Crippen molar-refractivity contribution >= 4 is 21.4 Å². The van der Waals surface area contributed by atoms with Crippen LogP contribution in [-0.4, -0.2) is 45.0 Å². The van der Waals surface area contributed by atoms with Crippen molar-refractivity contribution < 1.29 is 0 Å². The second-order valence-corrected chi connectivity index (χ2v) is 15.4. The van der Waals surface area contributed by atoms with Crippen LogP contribution in [0.2, 0.25) is 13.0 Å². The number of nitrogens with zero attached hydrogens (tertiary/aromatic N) is 1. The summed E-state index contributed by atoms with van der Waals surface area (Å²) in [6, 6.07) is 1.42. The summed E-state index contributed by atoms with van der Waals surface area (Å²) in [6.07, 6.45) is 1.45. The van der Waals surface area contributed by atoms with Gasteiger partial charge in [0.05, 0.1) is 0 Å². The average molecular weight is 301 g/mol. The third-order valence-corrected chi connectivity index (χ3v) is 11.1. The van der Waals surface area contributed by atoms with Crippen LogP contribution in [0.1, 0.15) is 41.0 Å². The molecule has 0 N–H and O–H groups in total. The van der Waals surface area contributed by atoms with E-state index < -0.39 is 21.4 Å². The first-order valence-corrected chi connectivity index (χ1v) is 14.2. The normalized spacial score (nSPS) is 11.8. The molecule has 0 aliphatic carbocycles. The van der Waals surface area contributed by atoms with Crippen molar-refractivity contribution in [3.63, 3.8) is 0 Å². The van der Waals surface area contributed by atoms with E-state index in [1.165, 1.54) is 17.1 Å². The van der Waals surface area contributed by atoms with E-state index in [1.807, 2.05) is 0 Å². The zero-order valence-electron chi connectivity index (χ0n) is 11.0. The van der Waals surface area contributed by atoms with Crippen molar-refractivity contribution in [2.45, 2.75) is 66.2 Å². The van der Waals surface area contributed by atoms with Gasteiger partial charge in [0.25, 0.3) is 0 Å². The molecule has 0 saturated carbocycles. The third-order valence-electron chi connectivity index (χ3n) is 3.14. The molecule has 0 aromatic heterocycles. The van der Waals surface area contributed by atoms with E-state index in [2.05, 4.69) is 44.2 Å². The van der Waals surface area contributed by atoms with E-state index in [0.717, 1.165) is 0 Å². The molecule has 0 aliphatic rings. The van der Waals surface area contributed by atoms with Gasteiger partial charge in [0.15, 0.2) is 0 Å². The van der Waals surface area contributed by atoms with E-state index in [-0.39, 0.29) is 0 Å². The van der Waals surface area contributed by atoms with Crippen LogP contribution in [-0.2, 0) is 0 Å². The number of hydrogen-bond acceptors (Lipinski definition) is 1. The molecular formula is C12H28InN. The first-order chi connectivity index (χ1) is 6.49. The monoisotopic (exact) mass is 301 g/mol. The molecule has 14 heavy (non-hydrogen) atoms. The molecule has 0 aliphatic heterocycles. The SMILES string of the molecule is C[CH2][In]([CH3])[CH2]CCN(C(C)C)C(C)C. The topological polar surface area (TPSA) is 3.24 Å². The number of rotatable bonds is 7. The van der Waals surface area contributed by atoms with E-state index in [1.54, 1.807) is 4.18 Å². The maximum absolute atomic E-state index is 2.62. The Morgan fingerprint density at radius 2 is 1.57 bits per heavy atom. The number of hydrogen-bond donors (Lipinski definition) is 0. The summed E-state index contributed by atoms with van der Waals surface area (Å²) < 4.78 is 5.69. The van der Waals surface area contributed by atoms with E-state index in [9.17, 15) is 0 Å². The van der Waals surface area contributed by atoms with Crippen LogP contribution < -0.4 is 0 Å². The Hall–Kier alpha value is 0.830. The zero-order chi connectivity index (χ0) is 11.1. The summed E-state index contributed by atoms with van der Waals surface area (Å²) in [5.74, 6) is 0. The first kappa shape index (κ1) is 14.8. The summed E-state index contributed by atoms with van der Waals surface area (Å²) in [5, 5.41) is 0. The van der Waals surface area contributed by atoms with E-state index in [4.69, 9.17) is 0 Å². The molecule has 0 rings (SSSR count). The molecule has 84 valence electrons. The molecule has 0 radical (unpaired) electrons. The molecule has 0 aromatic carbocycles. The zero-order valence-corrected chi connectivity index (χ0v) is 14.3.